The summed E-state index contributed by atoms with van der Waals surface area (Å²) in [6, 6.07) is 0.431. The minimum absolute atomic E-state index is 0.431. The summed E-state index contributed by atoms with van der Waals surface area (Å²) in [5.41, 5.74) is 2.97. The van der Waals surface area contributed by atoms with Gasteiger partial charge in [-0.15, -0.1) is 6.58 Å². The van der Waals surface area contributed by atoms with Crippen LogP contribution in [0.5, 0.6) is 0 Å². The van der Waals surface area contributed by atoms with Crippen LogP contribution in [0, 0.1) is 5.92 Å². The van der Waals surface area contributed by atoms with Crippen molar-refractivity contribution in [3.05, 3.63) is 12.7 Å². The molecule has 0 aromatic carbocycles. The first-order valence-electron chi connectivity index (χ1n) is 6.07. The van der Waals surface area contributed by atoms with Crippen molar-refractivity contribution in [2.45, 2.75) is 56.8 Å². The molecular formula is C12H22N2O. The second-order valence-electron chi connectivity index (χ2n) is 4.77. The average Bonchev–Trinajstić information content (AvgIpc) is 2.86. The Bertz CT molecular complexity index is 220. The van der Waals surface area contributed by atoms with E-state index in [0.717, 1.165) is 12.8 Å². The van der Waals surface area contributed by atoms with Crippen LogP contribution in [0.4, 0.5) is 0 Å². The minimum atomic E-state index is 0.431. The summed E-state index contributed by atoms with van der Waals surface area (Å²) in [6.45, 7) is 3.74. The molecule has 3 nitrogen and oxygen atoms in total. The number of rotatable bonds is 6. The normalized spacial score (nSPS) is 35.7. The van der Waals surface area contributed by atoms with E-state index in [1.807, 2.05) is 6.08 Å². The molecule has 0 aromatic heterocycles. The van der Waals surface area contributed by atoms with Crippen molar-refractivity contribution in [3.63, 3.8) is 0 Å². The molecular weight excluding hydrogens is 188 g/mol. The zero-order chi connectivity index (χ0) is 10.7. The molecule has 4 unspecified atom stereocenters. The van der Waals surface area contributed by atoms with E-state index in [-0.39, 0.29) is 0 Å². The first-order valence-corrected chi connectivity index (χ1v) is 6.07. The van der Waals surface area contributed by atoms with E-state index in [0.29, 0.717) is 24.2 Å². The van der Waals surface area contributed by atoms with Crippen LogP contribution in [0.3, 0.4) is 0 Å². The van der Waals surface area contributed by atoms with Gasteiger partial charge in [0.2, 0.25) is 0 Å². The van der Waals surface area contributed by atoms with Gasteiger partial charge in [0.1, 0.15) is 0 Å². The monoisotopic (exact) mass is 210 g/mol. The zero-order valence-corrected chi connectivity index (χ0v) is 9.32. The van der Waals surface area contributed by atoms with E-state index in [4.69, 9.17) is 10.6 Å². The molecule has 0 saturated carbocycles. The van der Waals surface area contributed by atoms with Crippen molar-refractivity contribution in [1.29, 1.82) is 0 Å². The zero-order valence-electron chi connectivity index (χ0n) is 9.32. The lowest BCUT2D eigenvalue weighted by Gasteiger charge is -2.27. The Morgan fingerprint density at radius 2 is 2.40 bits per heavy atom. The lowest BCUT2D eigenvalue weighted by atomic mass is 9.82. The van der Waals surface area contributed by atoms with Crippen molar-refractivity contribution in [3.8, 4) is 0 Å². The Morgan fingerprint density at radius 1 is 1.53 bits per heavy atom. The van der Waals surface area contributed by atoms with Gasteiger partial charge in [0, 0.05) is 12.0 Å². The Labute approximate surface area is 92.0 Å². The first-order chi connectivity index (χ1) is 7.35. The molecule has 4 atom stereocenters. The van der Waals surface area contributed by atoms with Gasteiger partial charge < -0.3 is 4.74 Å². The SMILES string of the molecule is C=CCCCC(NN)C1CC2CCC1O2. The lowest BCUT2D eigenvalue weighted by molar-refractivity contribution is 0.0848. The fourth-order valence-corrected chi connectivity index (χ4v) is 3.00. The van der Waals surface area contributed by atoms with Gasteiger partial charge in [0.05, 0.1) is 12.2 Å². The van der Waals surface area contributed by atoms with Gasteiger partial charge in [-0.1, -0.05) is 6.08 Å². The van der Waals surface area contributed by atoms with Crippen LogP contribution in [0.1, 0.15) is 38.5 Å². The topological polar surface area (TPSA) is 47.3 Å². The molecule has 0 spiro atoms. The van der Waals surface area contributed by atoms with E-state index in [2.05, 4.69) is 12.0 Å². The molecule has 2 fully saturated rings. The fourth-order valence-electron chi connectivity index (χ4n) is 3.00. The quantitative estimate of drug-likeness (QED) is 0.304. The smallest absolute Gasteiger partial charge is 0.0624 e. The number of unbranched alkanes of at least 4 members (excludes halogenated alkanes) is 1. The summed E-state index contributed by atoms with van der Waals surface area (Å²) < 4.78 is 5.86. The second kappa shape index (κ2) is 5.10. The Hall–Kier alpha value is -0.380. The third-order valence-electron chi connectivity index (χ3n) is 3.81. The standard InChI is InChI=1S/C12H22N2O/c1-2-3-4-5-11(14-13)10-8-9-6-7-12(10)15-9/h2,9-12,14H,1,3-8,13H2. The number of fused-ring (bicyclic) bond motifs is 2. The molecule has 2 heterocycles. The molecule has 3 heteroatoms. The number of allylic oxidation sites excluding steroid dienone is 1. The highest BCUT2D eigenvalue weighted by atomic mass is 16.5. The molecule has 2 rings (SSSR count). The number of ether oxygens (including phenoxy) is 1. The first kappa shape index (κ1) is 11.1. The largest absolute Gasteiger partial charge is 0.375 e. The molecule has 2 aliphatic heterocycles. The molecule has 3 N–H and O–H groups in total. The van der Waals surface area contributed by atoms with Crippen molar-refractivity contribution in [2.75, 3.05) is 0 Å². The lowest BCUT2D eigenvalue weighted by Crippen LogP contribution is -2.44. The van der Waals surface area contributed by atoms with E-state index in [1.165, 1.54) is 25.7 Å². The molecule has 0 aliphatic carbocycles. The predicted octanol–water partition coefficient (Wildman–Crippen LogP) is 1.74. The highest BCUT2D eigenvalue weighted by Crippen LogP contribution is 2.41. The maximum atomic E-state index is 5.86. The van der Waals surface area contributed by atoms with Crippen LogP contribution in [-0.2, 0) is 4.74 Å². The Morgan fingerprint density at radius 3 is 2.93 bits per heavy atom. The number of hydrazine groups is 1. The van der Waals surface area contributed by atoms with Gasteiger partial charge in [-0.05, 0) is 38.5 Å². The molecule has 86 valence electrons. The third-order valence-corrected chi connectivity index (χ3v) is 3.81. The number of hydrogen-bond donors (Lipinski definition) is 2. The maximum Gasteiger partial charge on any atom is 0.0624 e. The van der Waals surface area contributed by atoms with Gasteiger partial charge >= 0.3 is 0 Å². The van der Waals surface area contributed by atoms with Crippen LogP contribution in [0.15, 0.2) is 12.7 Å². The summed E-state index contributed by atoms with van der Waals surface area (Å²) in [7, 11) is 0. The fraction of sp³-hybridized carbons (Fsp3) is 0.833. The van der Waals surface area contributed by atoms with Crippen molar-refractivity contribution in [1.82, 2.24) is 5.43 Å². The second-order valence-corrected chi connectivity index (χ2v) is 4.77. The van der Waals surface area contributed by atoms with Gasteiger partial charge in [0.15, 0.2) is 0 Å². The van der Waals surface area contributed by atoms with Crippen LogP contribution >= 0.6 is 0 Å². The Kier molecular flexibility index (Phi) is 3.78. The van der Waals surface area contributed by atoms with Crippen molar-refractivity contribution >= 4 is 0 Å². The van der Waals surface area contributed by atoms with Crippen LogP contribution in [-0.4, -0.2) is 18.2 Å². The summed E-state index contributed by atoms with van der Waals surface area (Å²) >= 11 is 0. The van der Waals surface area contributed by atoms with Crippen LogP contribution in [0.25, 0.3) is 0 Å². The summed E-state index contributed by atoms with van der Waals surface area (Å²) in [5.74, 6) is 6.27. The molecule has 0 amide bonds. The summed E-state index contributed by atoms with van der Waals surface area (Å²) in [4.78, 5) is 0. The molecule has 2 saturated heterocycles. The van der Waals surface area contributed by atoms with Crippen molar-refractivity contribution < 1.29 is 4.74 Å². The highest BCUT2D eigenvalue weighted by molar-refractivity contribution is 4.94. The van der Waals surface area contributed by atoms with Gasteiger partial charge in [-0.2, -0.15) is 0 Å². The summed E-state index contributed by atoms with van der Waals surface area (Å²) in [5, 5.41) is 0. The number of nitrogens with one attached hydrogen (secondary N) is 1. The van der Waals surface area contributed by atoms with Gasteiger partial charge in [-0.25, -0.2) is 0 Å². The molecule has 0 aromatic rings. The van der Waals surface area contributed by atoms with E-state index >= 15 is 0 Å². The van der Waals surface area contributed by atoms with Crippen LogP contribution in [0.2, 0.25) is 0 Å². The van der Waals surface area contributed by atoms with E-state index in [9.17, 15) is 0 Å². The minimum Gasteiger partial charge on any atom is -0.375 e. The van der Waals surface area contributed by atoms with E-state index in [1.54, 1.807) is 0 Å². The number of nitrogens with two attached hydrogens (primary N) is 1. The Balaban J connectivity index is 1.81. The molecule has 2 bridgehead atoms. The van der Waals surface area contributed by atoms with Gasteiger partial charge in [0.25, 0.3) is 0 Å². The maximum absolute atomic E-state index is 5.86. The predicted molar refractivity (Wildman–Crippen MR) is 61.2 cm³/mol. The molecule has 2 aliphatic rings. The summed E-state index contributed by atoms with van der Waals surface area (Å²) in [6.07, 6.45) is 10.1. The average molecular weight is 210 g/mol. The van der Waals surface area contributed by atoms with Gasteiger partial charge in [-0.3, -0.25) is 11.3 Å². The van der Waals surface area contributed by atoms with Crippen molar-refractivity contribution in [2.24, 2.45) is 11.8 Å². The van der Waals surface area contributed by atoms with E-state index < -0.39 is 0 Å². The van der Waals surface area contributed by atoms with Crippen LogP contribution < -0.4 is 11.3 Å². The third kappa shape index (κ3) is 2.41. The number of hydrogen-bond acceptors (Lipinski definition) is 3. The molecule has 0 radical (unpaired) electrons. The highest BCUT2D eigenvalue weighted by Gasteiger charge is 2.43. The molecule has 15 heavy (non-hydrogen) atoms.